The zero-order valence-electron chi connectivity index (χ0n) is 34.3. The number of carbonyl (C=O) groups is 3. The number of rotatable bonds is 9. The Morgan fingerprint density at radius 2 is 1.14 bits per heavy atom. The summed E-state index contributed by atoms with van der Waals surface area (Å²) in [6.45, 7) is 15.2. The third kappa shape index (κ3) is 21.5. The summed E-state index contributed by atoms with van der Waals surface area (Å²) in [5.74, 6) is -1.34. The first-order chi connectivity index (χ1) is 28.4. The molecular formula is C39H31BrF6K2N6O9. The maximum absolute atomic E-state index is 13.0. The molecule has 63 heavy (non-hydrogen) atoms. The van der Waals surface area contributed by atoms with E-state index in [1.54, 1.807) is 12.1 Å². The summed E-state index contributed by atoms with van der Waals surface area (Å²) in [5.41, 5.74) is -6.67. The minimum atomic E-state index is -4.76. The first kappa shape index (κ1) is 61.2. The fourth-order valence-corrected chi connectivity index (χ4v) is 4.17. The van der Waals surface area contributed by atoms with Gasteiger partial charge in [0.1, 0.15) is 23.7 Å². The second kappa shape index (κ2) is 28.8. The summed E-state index contributed by atoms with van der Waals surface area (Å²) in [6, 6.07) is 21.4. The maximum Gasteiger partial charge on any atom is 1.00 e. The fraction of sp³-hybridized carbons (Fsp3) is 0.205. The van der Waals surface area contributed by atoms with Gasteiger partial charge in [0.25, 0.3) is 18.3 Å². The molecule has 0 heterocycles. The molecule has 0 radical (unpaired) electrons. The smallest absolute Gasteiger partial charge is 1.00 e. The number of ether oxygens (including phenoxy) is 1. The van der Waals surface area contributed by atoms with Crippen LogP contribution < -0.4 is 123 Å². The number of nitrogens with one attached hydrogen (secondary N) is 2. The van der Waals surface area contributed by atoms with E-state index in [0.29, 0.717) is 29.0 Å². The van der Waals surface area contributed by atoms with Crippen molar-refractivity contribution in [1.82, 2.24) is 0 Å². The fourth-order valence-electron chi connectivity index (χ4n) is 3.92. The molecule has 322 valence electrons. The van der Waals surface area contributed by atoms with Crippen molar-refractivity contribution in [3.05, 3.63) is 130 Å². The van der Waals surface area contributed by atoms with Gasteiger partial charge in [-0.1, -0.05) is 28.1 Å². The van der Waals surface area contributed by atoms with Gasteiger partial charge in [-0.2, -0.15) is 36.9 Å². The molecule has 0 bridgehead atoms. The number of anilines is 2. The minimum Gasteiger partial charge on any atom is -1.00 e. The van der Waals surface area contributed by atoms with E-state index < -0.39 is 64.5 Å². The maximum atomic E-state index is 13.0. The first-order valence-electron chi connectivity index (χ1n) is 16.3. The van der Waals surface area contributed by atoms with E-state index in [0.717, 1.165) is 25.1 Å². The van der Waals surface area contributed by atoms with Crippen LogP contribution in [-0.2, 0) is 31.6 Å². The molecule has 4 aromatic rings. The van der Waals surface area contributed by atoms with Crippen LogP contribution in [0.3, 0.4) is 0 Å². The number of alkyl halides is 7. The number of benzene rings is 4. The first-order valence-corrected chi connectivity index (χ1v) is 17.4. The van der Waals surface area contributed by atoms with Crippen LogP contribution in [0.15, 0.2) is 84.9 Å². The van der Waals surface area contributed by atoms with Crippen LogP contribution >= 0.6 is 15.9 Å². The van der Waals surface area contributed by atoms with Gasteiger partial charge in [0, 0.05) is 16.7 Å². The van der Waals surface area contributed by atoms with Crippen LogP contribution in [0.25, 0.3) is 9.69 Å². The van der Waals surface area contributed by atoms with Crippen molar-refractivity contribution < 1.29 is 175 Å². The molecule has 2 atom stereocenters. The molecule has 0 saturated carbocycles. The molecule has 0 aromatic heterocycles. The Morgan fingerprint density at radius 1 is 0.778 bits per heavy atom. The minimum absolute atomic E-state index is 0. The molecule has 0 unspecified atom stereocenters. The second-order valence-electron chi connectivity index (χ2n) is 12.0. The molecule has 0 aliphatic heterocycles. The Morgan fingerprint density at radius 3 is 1.46 bits per heavy atom. The monoisotopic (exact) mass is 998 g/mol. The average Bonchev–Trinajstić information content (AvgIpc) is 3.23. The van der Waals surface area contributed by atoms with Crippen molar-refractivity contribution in [3.8, 4) is 23.6 Å². The van der Waals surface area contributed by atoms with Gasteiger partial charge in [-0.3, -0.25) is 14.4 Å². The summed E-state index contributed by atoms with van der Waals surface area (Å²) < 4.78 is 82.5. The van der Waals surface area contributed by atoms with E-state index in [4.69, 9.17) is 43.6 Å². The molecule has 0 spiro atoms. The number of hydrogen-bond acceptors (Lipinski definition) is 11. The van der Waals surface area contributed by atoms with Crippen LogP contribution in [0.4, 0.5) is 49.1 Å². The number of nitrogens with zero attached hydrogens (tertiary/aromatic N) is 4. The van der Waals surface area contributed by atoms with Gasteiger partial charge in [-0.25, -0.2) is 9.69 Å². The number of halogens is 7. The number of amides is 2. The molecule has 4 aromatic carbocycles. The Balaban J connectivity index is -0.000000899. The van der Waals surface area contributed by atoms with Crippen molar-refractivity contribution in [2.75, 3.05) is 22.6 Å². The second-order valence-corrected chi connectivity index (χ2v) is 12.6. The van der Waals surface area contributed by atoms with Crippen molar-refractivity contribution >= 4 is 57.0 Å². The van der Waals surface area contributed by atoms with Crippen molar-refractivity contribution in [1.29, 1.82) is 10.5 Å². The van der Waals surface area contributed by atoms with Gasteiger partial charge in [-0.05, 0) is 86.6 Å². The van der Waals surface area contributed by atoms with Crippen LogP contribution in [-0.4, -0.2) is 56.7 Å². The Kier molecular flexibility index (Phi) is 27.9. The summed E-state index contributed by atoms with van der Waals surface area (Å²) in [5, 5.41) is 58.4. The number of phenolic OH excluding ortho intramolecular Hbond substituents is 1. The van der Waals surface area contributed by atoms with E-state index in [-0.39, 0.29) is 133 Å². The zero-order chi connectivity index (χ0) is 46.6. The number of nitriles is 2. The van der Waals surface area contributed by atoms with Crippen LogP contribution in [0.5, 0.6) is 11.5 Å². The Bertz CT molecular complexity index is 2320. The average molecular weight is 1000 g/mol. The predicted octanol–water partition coefficient (Wildman–Crippen LogP) is 1.06. The third-order valence-electron chi connectivity index (χ3n) is 7.14. The van der Waals surface area contributed by atoms with Crippen molar-refractivity contribution in [2.45, 2.75) is 37.4 Å². The Hall–Kier alpha value is -3.94. The molecule has 0 aliphatic carbocycles. The quantitative estimate of drug-likeness (QED) is 0.0303. The van der Waals surface area contributed by atoms with Crippen molar-refractivity contribution in [3.63, 3.8) is 0 Å². The van der Waals surface area contributed by atoms with Gasteiger partial charge in [0.2, 0.25) is 0 Å². The number of aromatic hydroxyl groups is 1. The number of phenols is 1. The molecule has 5 N–H and O–H groups in total. The molecule has 2 amide bonds. The third-order valence-corrected chi connectivity index (χ3v) is 8.23. The van der Waals surface area contributed by atoms with E-state index in [2.05, 4.69) is 41.1 Å². The van der Waals surface area contributed by atoms with E-state index in [9.17, 15) is 46.1 Å². The molecule has 4 rings (SSSR count). The van der Waals surface area contributed by atoms with E-state index >= 15 is 0 Å². The normalized spacial score (nSPS) is 11.8. The number of aliphatic hydroxyl groups is 2. The summed E-state index contributed by atoms with van der Waals surface area (Å²) >= 11 is 2.92. The molecule has 15 nitrogen and oxygen atoms in total. The SMILES string of the molecule is N#Cc1ccc(O)cc1.O=CO[O-].[C-]#[N+]c1ccc(NC(=O)[C@@](C)(O)CBr)cc1C(F)(F)F.[C-]#[N+]c1ccc(NC(=O)[C@@](C)(O)COc2ccc(C#N)cc2)cc1C(F)(F)F.[H-].[K+].[K+]. The van der Waals surface area contributed by atoms with Crippen LogP contribution in [0.1, 0.15) is 37.5 Å². The van der Waals surface area contributed by atoms with Gasteiger partial charge < -0.3 is 42.3 Å². The molecule has 0 aliphatic rings. The molecule has 24 heteroatoms. The zero-order valence-corrected chi connectivity index (χ0v) is 41.1. The number of carbonyl (C=O) groups excluding carboxylic acids is 3. The van der Waals surface area contributed by atoms with E-state index in [1.807, 2.05) is 12.1 Å². The largest absolute Gasteiger partial charge is 1.00 e. The van der Waals surface area contributed by atoms with Gasteiger partial charge in [-0.15, -0.1) is 0 Å². The standard InChI is InChI=1S/C19H14F3N3O3.C12H10BrF3N2O2.C7H5NO.CH2O3.2K.H/c1-18(27,11-28-14-6-3-12(10-23)4-7-14)17(26)25-13-5-8-16(24-2)15(9-13)19(20,21)22;1-11(20,6-13)10(19)18-7-3-4-9(17-2)8(5-7)12(14,15)16;8-5-6-1-3-7(9)4-2-6;2-1-4-3;;;/h3-9,27H,11H2,1H3,(H,25,26);3-5,20H,6H2,1H3,(H,18,19);1-4,9H;1,3H;;;/q;;;;2*+1;-1/p-1/t18-;11-;;;;;/m00...../s1. The molecule has 0 fully saturated rings. The molecular weight excluding hydrogens is 969 g/mol. The summed E-state index contributed by atoms with van der Waals surface area (Å²) in [4.78, 5) is 40.7. The van der Waals surface area contributed by atoms with Gasteiger partial charge in [0.05, 0.1) is 47.5 Å². The summed E-state index contributed by atoms with van der Waals surface area (Å²) in [7, 11) is 0. The molecule has 0 saturated heterocycles. The Labute approximate surface area is 450 Å². The van der Waals surface area contributed by atoms with Crippen LogP contribution in [0.2, 0.25) is 0 Å². The van der Waals surface area contributed by atoms with Crippen LogP contribution in [0, 0.1) is 35.8 Å². The van der Waals surface area contributed by atoms with E-state index in [1.165, 1.54) is 49.4 Å². The van der Waals surface area contributed by atoms with Gasteiger partial charge >= 0.3 is 115 Å². The predicted molar refractivity (Wildman–Crippen MR) is 205 cm³/mol. The van der Waals surface area contributed by atoms with Crippen molar-refractivity contribution in [2.24, 2.45) is 0 Å². The topological polar surface area (TPSA) is 234 Å². The number of hydrogen-bond donors (Lipinski definition) is 5. The van der Waals surface area contributed by atoms with Gasteiger partial charge in [0.15, 0.2) is 17.0 Å². The summed E-state index contributed by atoms with van der Waals surface area (Å²) in [6.07, 6.45) is -9.46.